The van der Waals surface area contributed by atoms with Crippen molar-refractivity contribution in [2.24, 2.45) is 4.99 Å². The normalized spacial score (nSPS) is 11.5. The van der Waals surface area contributed by atoms with Crippen LogP contribution in [0.3, 0.4) is 0 Å². The molecule has 0 fully saturated rings. The van der Waals surface area contributed by atoms with Crippen LogP contribution < -0.4 is 20.1 Å². The summed E-state index contributed by atoms with van der Waals surface area (Å²) in [6.07, 6.45) is 3.52. The second-order valence-electron chi connectivity index (χ2n) is 6.62. The number of H-pyrrole nitrogens is 1. The van der Waals surface area contributed by atoms with Crippen LogP contribution in [-0.2, 0) is 12.8 Å². The number of rotatable bonds is 8. The average molecular weight is 398 g/mol. The third-order valence-corrected chi connectivity index (χ3v) is 4.79. The first-order valence-electron chi connectivity index (χ1n) is 9.55. The van der Waals surface area contributed by atoms with Crippen molar-refractivity contribution in [3.8, 4) is 11.5 Å². The van der Waals surface area contributed by atoms with Gasteiger partial charge >= 0.3 is 0 Å². The highest BCUT2D eigenvalue weighted by Crippen LogP contribution is 2.27. The number of hydrogen-bond acceptors (Lipinski definition) is 3. The lowest BCUT2D eigenvalue weighted by Crippen LogP contribution is -2.39. The number of hydrogen-bond donors (Lipinski definition) is 3. The molecular weight excluding hydrogens is 371 g/mol. The van der Waals surface area contributed by atoms with Gasteiger partial charge in [0.2, 0.25) is 0 Å². The Hall–Kier alpha value is -3.22. The maximum atomic E-state index is 13.5. The van der Waals surface area contributed by atoms with Crippen LogP contribution in [0.4, 0.5) is 4.39 Å². The molecule has 1 heterocycles. The molecule has 0 amide bonds. The summed E-state index contributed by atoms with van der Waals surface area (Å²) in [7, 11) is 5.00. The lowest BCUT2D eigenvalue weighted by atomic mass is 10.1. The van der Waals surface area contributed by atoms with E-state index in [1.54, 1.807) is 33.4 Å². The van der Waals surface area contributed by atoms with E-state index in [9.17, 15) is 4.39 Å². The fourth-order valence-electron chi connectivity index (χ4n) is 3.26. The predicted molar refractivity (Wildman–Crippen MR) is 115 cm³/mol. The number of methoxy groups -OCH3 is 2. The molecule has 7 heteroatoms. The van der Waals surface area contributed by atoms with Crippen molar-refractivity contribution in [1.29, 1.82) is 0 Å². The highest BCUT2D eigenvalue weighted by Gasteiger charge is 2.07. The zero-order valence-corrected chi connectivity index (χ0v) is 17.0. The summed E-state index contributed by atoms with van der Waals surface area (Å²) in [6, 6.07) is 10.7. The van der Waals surface area contributed by atoms with Gasteiger partial charge in [-0.05, 0) is 54.3 Å². The maximum Gasteiger partial charge on any atom is 0.190 e. The first-order valence-corrected chi connectivity index (χ1v) is 9.55. The maximum absolute atomic E-state index is 13.5. The molecule has 3 rings (SSSR count). The van der Waals surface area contributed by atoms with Gasteiger partial charge in [0.1, 0.15) is 5.82 Å². The summed E-state index contributed by atoms with van der Waals surface area (Å²) < 4.78 is 24.1. The van der Waals surface area contributed by atoms with E-state index in [-0.39, 0.29) is 5.82 Å². The van der Waals surface area contributed by atoms with E-state index in [4.69, 9.17) is 9.47 Å². The molecule has 1 aromatic heterocycles. The molecule has 0 radical (unpaired) electrons. The third-order valence-electron chi connectivity index (χ3n) is 4.79. The van der Waals surface area contributed by atoms with Gasteiger partial charge in [0.05, 0.1) is 14.2 Å². The SMILES string of the molecule is CN=C(NCCc1ccc(OC)c(OC)c1)NCCc1c[nH]c2ccc(F)cc12. The second kappa shape index (κ2) is 9.82. The van der Waals surface area contributed by atoms with Crippen LogP contribution in [0, 0.1) is 5.82 Å². The van der Waals surface area contributed by atoms with Crippen LogP contribution in [-0.4, -0.2) is 45.3 Å². The number of aromatic nitrogens is 1. The van der Waals surface area contributed by atoms with Crippen LogP contribution in [0.15, 0.2) is 47.6 Å². The Kier molecular flexibility index (Phi) is 6.94. The molecule has 3 aromatic rings. The van der Waals surface area contributed by atoms with E-state index < -0.39 is 0 Å². The lowest BCUT2D eigenvalue weighted by Gasteiger charge is -2.13. The quantitative estimate of drug-likeness (QED) is 0.402. The topological polar surface area (TPSA) is 70.7 Å². The fraction of sp³-hybridized carbons (Fsp3) is 0.318. The summed E-state index contributed by atoms with van der Waals surface area (Å²) in [6.45, 7) is 1.42. The molecule has 0 aliphatic carbocycles. The number of benzene rings is 2. The minimum Gasteiger partial charge on any atom is -0.493 e. The highest BCUT2D eigenvalue weighted by atomic mass is 19.1. The third kappa shape index (κ3) is 5.19. The van der Waals surface area contributed by atoms with E-state index in [2.05, 4.69) is 20.6 Å². The molecule has 0 aliphatic rings. The monoisotopic (exact) mass is 398 g/mol. The van der Waals surface area contributed by atoms with Gasteiger partial charge in [-0.3, -0.25) is 4.99 Å². The zero-order valence-electron chi connectivity index (χ0n) is 17.0. The van der Waals surface area contributed by atoms with Crippen molar-refractivity contribution in [2.45, 2.75) is 12.8 Å². The number of guanidine groups is 1. The van der Waals surface area contributed by atoms with Gasteiger partial charge in [-0.1, -0.05) is 6.07 Å². The number of nitrogens with one attached hydrogen (secondary N) is 3. The molecular formula is C22H27FN4O2. The van der Waals surface area contributed by atoms with E-state index >= 15 is 0 Å². The van der Waals surface area contributed by atoms with Crippen molar-refractivity contribution in [3.05, 3.63) is 59.5 Å². The molecule has 3 N–H and O–H groups in total. The molecule has 6 nitrogen and oxygen atoms in total. The Morgan fingerprint density at radius 2 is 1.76 bits per heavy atom. The first kappa shape index (κ1) is 20.5. The van der Waals surface area contributed by atoms with Crippen LogP contribution in [0.1, 0.15) is 11.1 Å². The van der Waals surface area contributed by atoms with E-state index in [0.29, 0.717) is 6.54 Å². The van der Waals surface area contributed by atoms with Gasteiger partial charge in [-0.15, -0.1) is 0 Å². The molecule has 0 spiro atoms. The Morgan fingerprint density at radius 3 is 2.48 bits per heavy atom. The van der Waals surface area contributed by atoms with Gasteiger partial charge in [0, 0.05) is 37.2 Å². The minimum absolute atomic E-state index is 0.223. The second-order valence-corrected chi connectivity index (χ2v) is 6.62. The van der Waals surface area contributed by atoms with Crippen molar-refractivity contribution in [3.63, 3.8) is 0 Å². The molecule has 154 valence electrons. The first-order chi connectivity index (χ1) is 14.1. The van der Waals surface area contributed by atoms with Crippen molar-refractivity contribution in [2.75, 3.05) is 34.4 Å². The minimum atomic E-state index is -0.223. The van der Waals surface area contributed by atoms with Gasteiger partial charge in [-0.25, -0.2) is 4.39 Å². The lowest BCUT2D eigenvalue weighted by molar-refractivity contribution is 0.354. The largest absolute Gasteiger partial charge is 0.493 e. The summed E-state index contributed by atoms with van der Waals surface area (Å²) >= 11 is 0. The van der Waals surface area contributed by atoms with Crippen molar-refractivity contribution in [1.82, 2.24) is 15.6 Å². The smallest absolute Gasteiger partial charge is 0.190 e. The standard InChI is InChI=1S/C22H27FN4O2/c1-24-22(25-10-8-15-4-7-20(28-2)21(12-15)29-3)26-11-9-16-14-27-19-6-5-17(23)13-18(16)19/h4-7,12-14,27H,8-11H2,1-3H3,(H2,24,25,26). The van der Waals surface area contributed by atoms with E-state index in [1.807, 2.05) is 24.4 Å². The van der Waals surface area contributed by atoms with Crippen molar-refractivity contribution >= 4 is 16.9 Å². The summed E-state index contributed by atoms with van der Waals surface area (Å²) in [5.41, 5.74) is 3.16. The van der Waals surface area contributed by atoms with Gasteiger partial charge < -0.3 is 25.1 Å². The van der Waals surface area contributed by atoms with Crippen LogP contribution >= 0.6 is 0 Å². The number of halogens is 1. The highest BCUT2D eigenvalue weighted by molar-refractivity contribution is 5.83. The fourth-order valence-corrected chi connectivity index (χ4v) is 3.26. The zero-order chi connectivity index (χ0) is 20.6. The number of aliphatic imine (C=N–C) groups is 1. The Morgan fingerprint density at radius 1 is 1.00 bits per heavy atom. The number of ether oxygens (including phenoxy) is 2. The Balaban J connectivity index is 1.48. The molecule has 0 bridgehead atoms. The van der Waals surface area contributed by atoms with Crippen LogP contribution in [0.5, 0.6) is 11.5 Å². The molecule has 2 aromatic carbocycles. The van der Waals surface area contributed by atoms with Crippen LogP contribution in [0.25, 0.3) is 10.9 Å². The Bertz CT molecular complexity index is 984. The summed E-state index contributed by atoms with van der Waals surface area (Å²) in [5, 5.41) is 7.53. The number of nitrogens with zero attached hydrogens (tertiary/aromatic N) is 1. The predicted octanol–water partition coefficient (Wildman–Crippen LogP) is 3.27. The average Bonchev–Trinajstić information content (AvgIpc) is 3.14. The van der Waals surface area contributed by atoms with Crippen LogP contribution in [0.2, 0.25) is 0 Å². The van der Waals surface area contributed by atoms with Gasteiger partial charge in [0.25, 0.3) is 0 Å². The van der Waals surface area contributed by atoms with Gasteiger partial charge in [0.15, 0.2) is 17.5 Å². The summed E-state index contributed by atoms with van der Waals surface area (Å²) in [5.74, 6) is 1.96. The molecule has 0 aliphatic heterocycles. The van der Waals surface area contributed by atoms with E-state index in [1.165, 1.54) is 6.07 Å². The van der Waals surface area contributed by atoms with Gasteiger partial charge in [-0.2, -0.15) is 0 Å². The molecule has 29 heavy (non-hydrogen) atoms. The molecule has 0 saturated heterocycles. The van der Waals surface area contributed by atoms with E-state index in [0.717, 1.165) is 58.9 Å². The Labute approximate surface area is 170 Å². The summed E-state index contributed by atoms with van der Waals surface area (Å²) in [4.78, 5) is 7.44. The molecule has 0 atom stereocenters. The number of aromatic amines is 1. The van der Waals surface area contributed by atoms with Crippen molar-refractivity contribution < 1.29 is 13.9 Å². The molecule has 0 saturated carbocycles. The number of fused-ring (bicyclic) bond motifs is 1. The molecule has 0 unspecified atom stereocenters.